The Morgan fingerprint density at radius 2 is 2.04 bits per heavy atom. The molecule has 1 N–H and O–H groups in total. The van der Waals surface area contributed by atoms with E-state index >= 15 is 0 Å². The number of aliphatic hydroxyl groups excluding tert-OH is 1. The molecule has 0 saturated carbocycles. The largest absolute Gasteiger partial charge is 0.491 e. The van der Waals surface area contributed by atoms with Gasteiger partial charge in [0.1, 0.15) is 12.4 Å². The molecular formula is C20H22N2O3S. The van der Waals surface area contributed by atoms with Crippen molar-refractivity contribution in [1.82, 2.24) is 9.55 Å². The summed E-state index contributed by atoms with van der Waals surface area (Å²) in [7, 11) is 0. The number of rotatable bonds is 7. The first-order valence-corrected chi connectivity index (χ1v) is 9.57. The number of aromatic nitrogens is 2. The lowest BCUT2D eigenvalue weighted by Gasteiger charge is -2.14. The van der Waals surface area contributed by atoms with E-state index in [1.807, 2.05) is 56.3 Å². The third kappa shape index (κ3) is 4.26. The van der Waals surface area contributed by atoms with E-state index in [0.29, 0.717) is 28.4 Å². The summed E-state index contributed by atoms with van der Waals surface area (Å²) in [4.78, 5) is 17.2. The number of fused-ring (bicyclic) bond motifs is 1. The molecule has 0 fully saturated rings. The molecule has 0 aliphatic rings. The fraction of sp³-hybridized carbons (Fsp3) is 0.300. The number of para-hydroxylation sites is 1. The average molecular weight is 370 g/mol. The highest BCUT2D eigenvalue weighted by Crippen LogP contribution is 2.19. The van der Waals surface area contributed by atoms with E-state index < -0.39 is 6.10 Å². The molecule has 0 unspecified atom stereocenters. The molecule has 3 rings (SSSR count). The molecule has 136 valence electrons. The summed E-state index contributed by atoms with van der Waals surface area (Å²) < 4.78 is 7.28. The molecule has 0 aliphatic heterocycles. The van der Waals surface area contributed by atoms with E-state index in [9.17, 15) is 9.90 Å². The highest BCUT2D eigenvalue weighted by molar-refractivity contribution is 7.99. The molecule has 0 amide bonds. The first kappa shape index (κ1) is 18.5. The summed E-state index contributed by atoms with van der Waals surface area (Å²) in [6.45, 7) is 4.64. The molecule has 6 heteroatoms. The highest BCUT2D eigenvalue weighted by Gasteiger charge is 2.13. The van der Waals surface area contributed by atoms with Gasteiger partial charge in [-0.1, -0.05) is 36.0 Å². The van der Waals surface area contributed by atoms with Gasteiger partial charge in [-0.15, -0.1) is 0 Å². The van der Waals surface area contributed by atoms with E-state index in [1.165, 1.54) is 11.8 Å². The van der Waals surface area contributed by atoms with Crippen LogP contribution in [0, 0.1) is 6.92 Å². The first-order chi connectivity index (χ1) is 12.6. The van der Waals surface area contributed by atoms with Gasteiger partial charge in [-0.3, -0.25) is 9.36 Å². The van der Waals surface area contributed by atoms with Crippen LogP contribution in [0.4, 0.5) is 0 Å². The molecule has 1 atom stereocenters. The van der Waals surface area contributed by atoms with Gasteiger partial charge in [0, 0.05) is 12.3 Å². The molecule has 3 aromatic rings. The Morgan fingerprint density at radius 3 is 2.81 bits per heavy atom. The van der Waals surface area contributed by atoms with Crippen LogP contribution in [0.3, 0.4) is 0 Å². The summed E-state index contributed by atoms with van der Waals surface area (Å²) in [6.07, 6.45) is -0.658. The number of hydrogen-bond acceptors (Lipinski definition) is 5. The second kappa shape index (κ2) is 8.38. The number of aliphatic hydroxyl groups is 1. The lowest BCUT2D eigenvalue weighted by Crippen LogP contribution is -2.24. The Kier molecular flexibility index (Phi) is 5.96. The zero-order valence-electron chi connectivity index (χ0n) is 14.9. The second-order valence-corrected chi connectivity index (χ2v) is 7.04. The number of aryl methyl sites for hydroxylation is 1. The number of hydrogen-bond donors (Lipinski definition) is 1. The van der Waals surface area contributed by atoms with Crippen LogP contribution >= 0.6 is 11.8 Å². The van der Waals surface area contributed by atoms with E-state index in [0.717, 1.165) is 11.3 Å². The Balaban J connectivity index is 1.68. The van der Waals surface area contributed by atoms with Crippen molar-refractivity contribution >= 4 is 22.7 Å². The maximum Gasteiger partial charge on any atom is 0.262 e. The van der Waals surface area contributed by atoms with Crippen LogP contribution in [0.1, 0.15) is 12.5 Å². The summed E-state index contributed by atoms with van der Waals surface area (Å²) in [5.41, 5.74) is 1.74. The van der Waals surface area contributed by atoms with E-state index in [-0.39, 0.29) is 12.2 Å². The van der Waals surface area contributed by atoms with Gasteiger partial charge in [0.05, 0.1) is 17.0 Å². The van der Waals surface area contributed by atoms with Crippen LogP contribution < -0.4 is 10.3 Å². The molecule has 0 saturated heterocycles. The normalized spacial score (nSPS) is 12.3. The van der Waals surface area contributed by atoms with Gasteiger partial charge in [-0.05, 0) is 43.7 Å². The smallest absolute Gasteiger partial charge is 0.262 e. The van der Waals surface area contributed by atoms with Crippen LogP contribution in [-0.4, -0.2) is 33.1 Å². The standard InChI is InChI=1S/C20H22N2O3S/c1-3-22-19(24)17-9-4-5-10-18(17)21-20(22)26-13-15(23)12-25-16-8-6-7-14(2)11-16/h4-11,15,23H,3,12-13H2,1-2H3/t15-/m0/s1. The van der Waals surface area contributed by atoms with Crippen LogP contribution in [0.2, 0.25) is 0 Å². The molecule has 1 heterocycles. The molecule has 0 spiro atoms. The summed E-state index contributed by atoms with van der Waals surface area (Å²) in [6, 6.07) is 15.0. The lowest BCUT2D eigenvalue weighted by molar-refractivity contribution is 0.126. The first-order valence-electron chi connectivity index (χ1n) is 8.58. The van der Waals surface area contributed by atoms with E-state index in [1.54, 1.807) is 10.6 Å². The van der Waals surface area contributed by atoms with Gasteiger partial charge in [0.15, 0.2) is 5.16 Å². The highest BCUT2D eigenvalue weighted by atomic mass is 32.2. The summed E-state index contributed by atoms with van der Waals surface area (Å²) >= 11 is 1.37. The van der Waals surface area contributed by atoms with Crippen LogP contribution in [0.15, 0.2) is 58.5 Å². The van der Waals surface area contributed by atoms with Crippen molar-refractivity contribution in [2.24, 2.45) is 0 Å². The number of nitrogens with zero attached hydrogens (tertiary/aromatic N) is 2. The minimum absolute atomic E-state index is 0.0499. The van der Waals surface area contributed by atoms with Crippen LogP contribution in [-0.2, 0) is 6.54 Å². The van der Waals surface area contributed by atoms with Gasteiger partial charge in [0.25, 0.3) is 5.56 Å². The maximum atomic E-state index is 12.6. The average Bonchev–Trinajstić information content (AvgIpc) is 2.65. The van der Waals surface area contributed by atoms with Gasteiger partial charge < -0.3 is 9.84 Å². The lowest BCUT2D eigenvalue weighted by atomic mass is 10.2. The van der Waals surface area contributed by atoms with Crippen molar-refractivity contribution in [3.63, 3.8) is 0 Å². The maximum absolute atomic E-state index is 12.6. The van der Waals surface area contributed by atoms with E-state index in [4.69, 9.17) is 4.74 Å². The Hall–Kier alpha value is -2.31. The SMILES string of the molecule is CCn1c(SC[C@@H](O)COc2cccc(C)c2)nc2ccccc2c1=O. The van der Waals surface area contributed by atoms with Crippen LogP contribution in [0.25, 0.3) is 10.9 Å². The second-order valence-electron chi connectivity index (χ2n) is 6.05. The third-order valence-electron chi connectivity index (χ3n) is 3.98. The molecule has 2 aromatic carbocycles. The third-order valence-corrected chi connectivity index (χ3v) is 5.10. The van der Waals surface area contributed by atoms with Crippen molar-refractivity contribution in [3.05, 3.63) is 64.4 Å². The Bertz CT molecular complexity index is 955. The van der Waals surface area contributed by atoms with E-state index in [2.05, 4.69) is 4.98 Å². The molecule has 0 radical (unpaired) electrons. The quantitative estimate of drug-likeness (QED) is 0.511. The van der Waals surface area contributed by atoms with Crippen molar-refractivity contribution in [1.29, 1.82) is 0 Å². The van der Waals surface area contributed by atoms with Gasteiger partial charge in [0.2, 0.25) is 0 Å². The number of ether oxygens (including phenoxy) is 1. The van der Waals surface area contributed by atoms with Gasteiger partial charge in [-0.2, -0.15) is 0 Å². The Morgan fingerprint density at radius 1 is 1.23 bits per heavy atom. The summed E-state index contributed by atoms with van der Waals surface area (Å²) in [5.74, 6) is 1.14. The molecular weight excluding hydrogens is 348 g/mol. The predicted molar refractivity (Wildman–Crippen MR) is 105 cm³/mol. The van der Waals surface area contributed by atoms with Crippen LogP contribution in [0.5, 0.6) is 5.75 Å². The van der Waals surface area contributed by atoms with Crippen molar-refractivity contribution in [2.45, 2.75) is 31.7 Å². The van der Waals surface area contributed by atoms with Gasteiger partial charge >= 0.3 is 0 Å². The van der Waals surface area contributed by atoms with Gasteiger partial charge in [-0.25, -0.2) is 4.98 Å². The van der Waals surface area contributed by atoms with Crippen molar-refractivity contribution < 1.29 is 9.84 Å². The zero-order chi connectivity index (χ0) is 18.5. The predicted octanol–water partition coefficient (Wildman–Crippen LogP) is 3.26. The summed E-state index contributed by atoms with van der Waals surface area (Å²) in [5, 5.41) is 11.5. The molecule has 0 aliphatic carbocycles. The van der Waals surface area contributed by atoms with Crippen molar-refractivity contribution in [2.75, 3.05) is 12.4 Å². The molecule has 5 nitrogen and oxygen atoms in total. The number of thioether (sulfide) groups is 1. The zero-order valence-corrected chi connectivity index (χ0v) is 15.7. The molecule has 26 heavy (non-hydrogen) atoms. The van der Waals surface area contributed by atoms with Crippen molar-refractivity contribution in [3.8, 4) is 5.75 Å². The minimum atomic E-state index is -0.658. The molecule has 0 bridgehead atoms. The molecule has 1 aromatic heterocycles. The minimum Gasteiger partial charge on any atom is -0.491 e. The fourth-order valence-corrected chi connectivity index (χ4v) is 3.62. The monoisotopic (exact) mass is 370 g/mol. The Labute approximate surface area is 156 Å². The number of benzene rings is 2. The topological polar surface area (TPSA) is 64.3 Å². The fourth-order valence-electron chi connectivity index (χ4n) is 2.65.